The van der Waals surface area contributed by atoms with Crippen LogP contribution in [0.1, 0.15) is 46.6 Å². The number of ether oxygens (including phenoxy) is 1. The minimum atomic E-state index is -2.21. The lowest BCUT2D eigenvalue weighted by atomic mass is 10.0. The number of hydrogen-bond acceptors (Lipinski definition) is 5. The van der Waals surface area contributed by atoms with E-state index in [0.717, 1.165) is 42.7 Å². The fraction of sp³-hybridized carbons (Fsp3) is 0.480. The smallest absolute Gasteiger partial charge is 0.293 e. The Kier molecular flexibility index (Phi) is 7.31. The molecule has 31 heavy (non-hydrogen) atoms. The van der Waals surface area contributed by atoms with Crippen LogP contribution in [0.25, 0.3) is 0 Å². The number of anilines is 1. The molecule has 6 heteroatoms. The number of carbonyl (C=O) groups excluding carboxylic acids is 1. The number of rotatable bonds is 9. The van der Waals surface area contributed by atoms with Crippen LogP contribution in [-0.4, -0.2) is 45.7 Å². The lowest BCUT2D eigenvalue weighted by molar-refractivity contribution is -0.128. The van der Waals surface area contributed by atoms with Crippen LogP contribution in [0, 0.1) is 6.92 Å². The van der Waals surface area contributed by atoms with E-state index >= 15 is 0 Å². The number of allylic oxidation sites excluding steroid dienone is 4. The van der Waals surface area contributed by atoms with Crippen LogP contribution < -0.4 is 10.5 Å². The Labute approximate surface area is 187 Å². The Bertz CT molecular complexity index is 975. The predicted molar refractivity (Wildman–Crippen MR) is 134 cm³/mol. The summed E-state index contributed by atoms with van der Waals surface area (Å²) in [6.07, 6.45) is 5.37. The molecule has 1 aliphatic heterocycles. The van der Waals surface area contributed by atoms with Gasteiger partial charge in [0.1, 0.15) is 8.07 Å². The molecule has 0 saturated heterocycles. The summed E-state index contributed by atoms with van der Waals surface area (Å²) < 4.78 is 5.08. The molecule has 1 aromatic carbocycles. The van der Waals surface area contributed by atoms with Crippen LogP contribution in [0.4, 0.5) is 11.4 Å². The van der Waals surface area contributed by atoms with Crippen molar-refractivity contribution in [2.75, 3.05) is 25.0 Å². The molecular weight excluding hydrogens is 402 g/mol. The Balaban J connectivity index is 2.26. The maximum atomic E-state index is 10.7. The van der Waals surface area contributed by atoms with Crippen molar-refractivity contribution in [2.45, 2.75) is 59.5 Å². The second kappa shape index (κ2) is 9.77. The molecule has 0 bridgehead atoms. The maximum Gasteiger partial charge on any atom is 0.293 e. The van der Waals surface area contributed by atoms with E-state index in [4.69, 9.17) is 14.7 Å². The highest BCUT2D eigenvalue weighted by atomic mass is 28.3. The average Bonchev–Trinajstić information content (AvgIpc) is 2.72. The summed E-state index contributed by atoms with van der Waals surface area (Å²) in [5.41, 5.74) is 7.30. The van der Waals surface area contributed by atoms with Crippen molar-refractivity contribution in [3.63, 3.8) is 0 Å². The van der Waals surface area contributed by atoms with Gasteiger partial charge in [-0.1, -0.05) is 13.8 Å². The molecule has 0 saturated carbocycles. The highest BCUT2D eigenvalue weighted by molar-refractivity contribution is 7.03. The van der Waals surface area contributed by atoms with Crippen LogP contribution in [0.3, 0.4) is 0 Å². The number of aryl methyl sites for hydroxylation is 1. The molecule has 1 unspecified atom stereocenters. The fourth-order valence-corrected chi connectivity index (χ4v) is 10.3. The maximum absolute atomic E-state index is 10.7. The largest absolute Gasteiger partial charge is 0.468 e. The molecule has 166 valence electrons. The molecular formula is C25H35N3O2Si. The lowest BCUT2D eigenvalue weighted by Gasteiger charge is -2.43. The zero-order chi connectivity index (χ0) is 22.6. The molecule has 0 spiro atoms. The van der Waals surface area contributed by atoms with Crippen LogP contribution in [0.5, 0.6) is 0 Å². The van der Waals surface area contributed by atoms with Gasteiger partial charge in [0.05, 0.1) is 23.7 Å². The van der Waals surface area contributed by atoms with Crippen molar-refractivity contribution in [3.05, 3.63) is 40.6 Å². The Hall–Kier alpha value is -2.47. The first-order chi connectivity index (χ1) is 14.9. The Morgan fingerprint density at radius 1 is 1.23 bits per heavy atom. The summed E-state index contributed by atoms with van der Waals surface area (Å²) in [5, 5.41) is 6.28. The summed E-state index contributed by atoms with van der Waals surface area (Å²) in [5.74, 6) is 0. The number of hydrogen-bond donors (Lipinski definition) is 1. The molecule has 0 amide bonds. The number of nitrogens with one attached hydrogen (secondary N) is 1. The molecule has 0 fully saturated rings. The third kappa shape index (κ3) is 4.31. The van der Waals surface area contributed by atoms with Crippen LogP contribution >= 0.6 is 0 Å². The van der Waals surface area contributed by atoms with E-state index in [1.807, 2.05) is 0 Å². The Morgan fingerprint density at radius 2 is 2.00 bits per heavy atom. The molecule has 1 N–H and O–H groups in total. The molecule has 2 aliphatic rings. The summed E-state index contributed by atoms with van der Waals surface area (Å²) in [7, 11) is -2.21. The van der Waals surface area contributed by atoms with Crippen molar-refractivity contribution < 1.29 is 9.53 Å². The monoisotopic (exact) mass is 437 g/mol. The van der Waals surface area contributed by atoms with E-state index in [1.54, 1.807) is 0 Å². The van der Waals surface area contributed by atoms with Gasteiger partial charge in [-0.05, 0) is 91.5 Å². The second-order valence-electron chi connectivity index (χ2n) is 8.65. The Morgan fingerprint density at radius 3 is 2.65 bits per heavy atom. The van der Waals surface area contributed by atoms with Gasteiger partial charge >= 0.3 is 0 Å². The van der Waals surface area contributed by atoms with Crippen molar-refractivity contribution in [3.8, 4) is 0 Å². The van der Waals surface area contributed by atoms with Gasteiger partial charge in [0.2, 0.25) is 0 Å². The van der Waals surface area contributed by atoms with E-state index in [2.05, 4.69) is 71.1 Å². The number of fused-ring (bicyclic) bond motifs is 2. The molecule has 0 radical (unpaired) electrons. The second-order valence-corrected chi connectivity index (χ2v) is 13.3. The summed E-state index contributed by atoms with van der Waals surface area (Å²) in [6.45, 7) is 15.8. The molecule has 1 atom stereocenters. The van der Waals surface area contributed by atoms with Crippen molar-refractivity contribution in [1.82, 2.24) is 0 Å². The number of benzene rings is 1. The van der Waals surface area contributed by atoms with Crippen LogP contribution in [0.2, 0.25) is 11.6 Å². The first kappa shape index (κ1) is 23.2. The lowest BCUT2D eigenvalue weighted by Crippen LogP contribution is -2.57. The van der Waals surface area contributed by atoms with Gasteiger partial charge < -0.3 is 10.1 Å². The highest BCUT2D eigenvalue weighted by Gasteiger charge is 2.48. The number of carbonyl (C=O) groups is 1. The predicted octanol–water partition coefficient (Wildman–Crippen LogP) is 5.03. The summed E-state index contributed by atoms with van der Waals surface area (Å²) in [6, 6.07) is 5.60. The molecule has 0 aromatic heterocycles. The van der Waals surface area contributed by atoms with E-state index in [9.17, 15) is 4.79 Å². The zero-order valence-electron chi connectivity index (χ0n) is 19.7. The first-order valence-electron chi connectivity index (χ1n) is 11.4. The van der Waals surface area contributed by atoms with Crippen LogP contribution in [-0.2, 0) is 9.53 Å². The molecule has 3 rings (SSSR count). The van der Waals surface area contributed by atoms with Gasteiger partial charge in [-0.25, -0.2) is 4.99 Å². The van der Waals surface area contributed by atoms with Crippen molar-refractivity contribution >= 4 is 42.5 Å². The van der Waals surface area contributed by atoms with Gasteiger partial charge in [-0.15, -0.1) is 0 Å². The van der Waals surface area contributed by atoms with E-state index < -0.39 is 8.07 Å². The standard InChI is InChI=1S/C25H35N3O2Si/c1-7-26-20-14-24-22(12-18(20)5)28-23-13-19(6)21(27-8-2)15-25(23)31(24,17(3)4)11-9-10-30-16-29/h12-17,26H,7-11H2,1-6H3. The fourth-order valence-electron chi connectivity index (χ4n) is 4.93. The van der Waals surface area contributed by atoms with E-state index in [1.165, 1.54) is 27.2 Å². The SMILES string of the molecule is CCN=C1C=C2C(=Nc3cc(C)c(NCC)cc3[Si]2(CCCOC=O)C(C)C)C=C1C. The summed E-state index contributed by atoms with van der Waals surface area (Å²) in [4.78, 5) is 20.6. The third-order valence-electron chi connectivity index (χ3n) is 6.44. The zero-order valence-corrected chi connectivity index (χ0v) is 20.7. The minimum absolute atomic E-state index is 0.455. The number of aliphatic imine (C=N–C) groups is 2. The molecule has 1 aromatic rings. The van der Waals surface area contributed by atoms with Gasteiger partial charge in [0.15, 0.2) is 0 Å². The summed E-state index contributed by atoms with van der Waals surface area (Å²) >= 11 is 0. The average molecular weight is 438 g/mol. The first-order valence-corrected chi connectivity index (χ1v) is 13.7. The quantitative estimate of drug-likeness (QED) is 0.255. The molecule has 1 heterocycles. The highest BCUT2D eigenvalue weighted by Crippen LogP contribution is 2.42. The van der Waals surface area contributed by atoms with Gasteiger partial charge in [-0.3, -0.25) is 9.79 Å². The van der Waals surface area contributed by atoms with Gasteiger partial charge in [0, 0.05) is 18.8 Å². The minimum Gasteiger partial charge on any atom is -0.468 e. The van der Waals surface area contributed by atoms with Gasteiger partial charge in [-0.2, -0.15) is 0 Å². The third-order valence-corrected chi connectivity index (χ3v) is 12.3. The normalized spacial score (nSPS) is 21.1. The molecule has 5 nitrogen and oxygen atoms in total. The number of nitrogens with zero attached hydrogens (tertiary/aromatic N) is 2. The topological polar surface area (TPSA) is 63.1 Å². The van der Waals surface area contributed by atoms with E-state index in [-0.39, 0.29) is 0 Å². The molecule has 1 aliphatic carbocycles. The van der Waals surface area contributed by atoms with Gasteiger partial charge in [0.25, 0.3) is 6.47 Å². The van der Waals surface area contributed by atoms with E-state index in [0.29, 0.717) is 18.6 Å². The van der Waals surface area contributed by atoms with Crippen molar-refractivity contribution in [2.24, 2.45) is 9.98 Å². The van der Waals surface area contributed by atoms with Crippen LogP contribution in [0.15, 0.2) is 45.0 Å². The van der Waals surface area contributed by atoms with Crippen molar-refractivity contribution in [1.29, 1.82) is 0 Å².